The third-order valence-electron chi connectivity index (χ3n) is 4.46. The largest absolute Gasteiger partial charge is 0.352 e. The van der Waals surface area contributed by atoms with Crippen LogP contribution in [0.5, 0.6) is 0 Å². The average molecular weight is 428 g/mol. The minimum atomic E-state index is -0.190. The number of nitrogens with one attached hydrogen (secondary N) is 2. The van der Waals surface area contributed by atoms with Gasteiger partial charge in [0, 0.05) is 41.0 Å². The van der Waals surface area contributed by atoms with Crippen LogP contribution >= 0.6 is 22.9 Å². The summed E-state index contributed by atoms with van der Waals surface area (Å²) in [5, 5.41) is 6.86. The van der Waals surface area contributed by atoms with Gasteiger partial charge in [0.25, 0.3) is 5.91 Å². The van der Waals surface area contributed by atoms with Crippen LogP contribution in [0, 0.1) is 13.8 Å². The van der Waals surface area contributed by atoms with E-state index in [1.54, 1.807) is 12.3 Å². The van der Waals surface area contributed by atoms with E-state index < -0.39 is 0 Å². The van der Waals surface area contributed by atoms with Crippen molar-refractivity contribution in [2.75, 3.05) is 11.9 Å². The van der Waals surface area contributed by atoms with Gasteiger partial charge in [-0.05, 0) is 36.6 Å². The molecule has 29 heavy (non-hydrogen) atoms. The average Bonchev–Trinajstić information content (AvgIpc) is 3.12. The van der Waals surface area contributed by atoms with E-state index in [-0.39, 0.29) is 24.8 Å². The zero-order valence-electron chi connectivity index (χ0n) is 16.3. The number of benzene rings is 2. The molecule has 0 spiro atoms. The molecule has 150 valence electrons. The molecule has 0 aliphatic rings. The fourth-order valence-electron chi connectivity index (χ4n) is 2.87. The molecule has 3 aromatic rings. The lowest BCUT2D eigenvalue weighted by Gasteiger charge is -2.07. The number of anilines is 1. The second kappa shape index (κ2) is 9.67. The van der Waals surface area contributed by atoms with Crippen LogP contribution in [0.4, 0.5) is 5.13 Å². The Morgan fingerprint density at radius 1 is 1.07 bits per heavy atom. The second-order valence-electron chi connectivity index (χ2n) is 6.73. The number of hydrogen-bond acceptors (Lipinski definition) is 4. The topological polar surface area (TPSA) is 71.1 Å². The van der Waals surface area contributed by atoms with Crippen molar-refractivity contribution in [2.24, 2.45) is 0 Å². The Hall–Kier alpha value is -2.70. The lowest BCUT2D eigenvalue weighted by atomic mass is 10.1. The van der Waals surface area contributed by atoms with Crippen LogP contribution in [0.1, 0.15) is 38.3 Å². The fourth-order valence-corrected chi connectivity index (χ4v) is 3.92. The van der Waals surface area contributed by atoms with Crippen LogP contribution in [0.15, 0.2) is 48.7 Å². The van der Waals surface area contributed by atoms with Crippen molar-refractivity contribution >= 4 is 39.9 Å². The molecule has 0 aliphatic heterocycles. The molecule has 2 N–H and O–H groups in total. The summed E-state index contributed by atoms with van der Waals surface area (Å²) in [5.41, 5.74) is 3.59. The third kappa shape index (κ3) is 5.65. The predicted octanol–water partition coefficient (Wildman–Crippen LogP) is 4.76. The third-order valence-corrected chi connectivity index (χ3v) is 5.92. The summed E-state index contributed by atoms with van der Waals surface area (Å²) in [5.74, 6) is -0.368. The Morgan fingerprint density at radius 2 is 1.83 bits per heavy atom. The van der Waals surface area contributed by atoms with Gasteiger partial charge in [-0.2, -0.15) is 0 Å². The molecule has 0 bridgehead atoms. The summed E-state index contributed by atoms with van der Waals surface area (Å²) >= 11 is 7.77. The first-order valence-electron chi connectivity index (χ1n) is 9.26. The van der Waals surface area contributed by atoms with Crippen molar-refractivity contribution in [1.29, 1.82) is 0 Å². The smallest absolute Gasteiger partial charge is 0.251 e. The highest BCUT2D eigenvalue weighted by Gasteiger charge is 2.11. The first kappa shape index (κ1) is 21.0. The van der Waals surface area contributed by atoms with E-state index in [2.05, 4.69) is 15.6 Å². The molecule has 0 saturated carbocycles. The van der Waals surface area contributed by atoms with Crippen LogP contribution < -0.4 is 10.6 Å². The number of halogens is 1. The number of aryl methyl sites for hydroxylation is 2. The zero-order chi connectivity index (χ0) is 20.8. The van der Waals surface area contributed by atoms with E-state index >= 15 is 0 Å². The van der Waals surface area contributed by atoms with Crippen molar-refractivity contribution < 1.29 is 9.59 Å². The molecule has 0 fully saturated rings. The number of carbonyl (C=O) groups excluding carboxylic acids is 2. The van der Waals surface area contributed by atoms with Gasteiger partial charge >= 0.3 is 0 Å². The molecule has 2 aromatic carbocycles. The Kier molecular flexibility index (Phi) is 7.01. The van der Waals surface area contributed by atoms with Crippen LogP contribution in [0.2, 0.25) is 5.02 Å². The number of aromatic nitrogens is 1. The van der Waals surface area contributed by atoms with Crippen LogP contribution in [0.3, 0.4) is 0 Å². The van der Waals surface area contributed by atoms with Gasteiger partial charge in [0.1, 0.15) is 0 Å². The molecular formula is C22H22ClN3O2S. The maximum atomic E-state index is 12.2. The molecule has 0 aliphatic carbocycles. The van der Waals surface area contributed by atoms with Crippen molar-refractivity contribution in [2.45, 2.75) is 26.7 Å². The monoisotopic (exact) mass is 427 g/mol. The van der Waals surface area contributed by atoms with E-state index in [1.807, 2.05) is 50.2 Å². The minimum Gasteiger partial charge on any atom is -0.352 e. The molecular weight excluding hydrogens is 406 g/mol. The molecule has 2 amide bonds. The predicted molar refractivity (Wildman–Crippen MR) is 118 cm³/mol. The van der Waals surface area contributed by atoms with Gasteiger partial charge in [0.15, 0.2) is 5.13 Å². The standard InChI is InChI=1S/C22H22ClN3O2S/c1-14-6-3-4-9-18(14)21(28)24-11-10-19(27)26-22-25-13-17(29-22)12-16-8-5-7-15(2)20(16)23/h3-9,13H,10-12H2,1-2H3,(H,24,28)(H,25,26,27). The number of amides is 2. The van der Waals surface area contributed by atoms with Gasteiger partial charge < -0.3 is 10.6 Å². The van der Waals surface area contributed by atoms with Crippen molar-refractivity contribution in [3.63, 3.8) is 0 Å². The molecule has 1 aromatic heterocycles. The summed E-state index contributed by atoms with van der Waals surface area (Å²) in [7, 11) is 0. The summed E-state index contributed by atoms with van der Waals surface area (Å²) in [6, 6.07) is 13.3. The maximum Gasteiger partial charge on any atom is 0.251 e. The molecule has 1 heterocycles. The first-order valence-corrected chi connectivity index (χ1v) is 10.5. The highest BCUT2D eigenvalue weighted by Crippen LogP contribution is 2.26. The highest BCUT2D eigenvalue weighted by atomic mass is 35.5. The van der Waals surface area contributed by atoms with Crippen molar-refractivity contribution in [3.8, 4) is 0 Å². The van der Waals surface area contributed by atoms with E-state index in [0.717, 1.165) is 26.6 Å². The number of thiazole rings is 1. The second-order valence-corrected chi connectivity index (χ2v) is 8.22. The van der Waals surface area contributed by atoms with E-state index in [0.29, 0.717) is 17.1 Å². The van der Waals surface area contributed by atoms with Crippen molar-refractivity contribution in [3.05, 3.63) is 80.8 Å². The Bertz CT molecular complexity index is 1030. The number of hydrogen-bond donors (Lipinski definition) is 2. The maximum absolute atomic E-state index is 12.2. The Morgan fingerprint density at radius 3 is 2.62 bits per heavy atom. The summed E-state index contributed by atoms with van der Waals surface area (Å²) in [6.07, 6.45) is 2.59. The molecule has 0 radical (unpaired) electrons. The van der Waals surface area contributed by atoms with E-state index in [9.17, 15) is 9.59 Å². The lowest BCUT2D eigenvalue weighted by molar-refractivity contribution is -0.116. The molecule has 7 heteroatoms. The van der Waals surface area contributed by atoms with Gasteiger partial charge in [-0.15, -0.1) is 11.3 Å². The van der Waals surface area contributed by atoms with Crippen LogP contribution in [-0.4, -0.2) is 23.3 Å². The van der Waals surface area contributed by atoms with Crippen LogP contribution in [0.25, 0.3) is 0 Å². The van der Waals surface area contributed by atoms with E-state index in [1.165, 1.54) is 11.3 Å². The summed E-state index contributed by atoms with van der Waals surface area (Å²) in [4.78, 5) is 29.6. The quantitative estimate of drug-likeness (QED) is 0.570. The molecule has 0 saturated heterocycles. The minimum absolute atomic E-state index is 0.177. The highest BCUT2D eigenvalue weighted by molar-refractivity contribution is 7.15. The fraction of sp³-hybridized carbons (Fsp3) is 0.227. The molecule has 0 atom stereocenters. The Balaban J connectivity index is 1.48. The van der Waals surface area contributed by atoms with Gasteiger partial charge in [0.2, 0.25) is 5.91 Å². The van der Waals surface area contributed by atoms with E-state index in [4.69, 9.17) is 11.6 Å². The number of rotatable bonds is 7. The lowest BCUT2D eigenvalue weighted by Crippen LogP contribution is -2.28. The van der Waals surface area contributed by atoms with Gasteiger partial charge in [-0.3, -0.25) is 9.59 Å². The molecule has 0 unspecified atom stereocenters. The molecule has 5 nitrogen and oxygen atoms in total. The van der Waals surface area contributed by atoms with Gasteiger partial charge in [-0.1, -0.05) is 48.0 Å². The van der Waals surface area contributed by atoms with Gasteiger partial charge in [-0.25, -0.2) is 4.98 Å². The SMILES string of the molecule is Cc1ccccc1C(=O)NCCC(=O)Nc1ncc(Cc2cccc(C)c2Cl)s1. The summed E-state index contributed by atoms with van der Waals surface area (Å²) < 4.78 is 0. The zero-order valence-corrected chi connectivity index (χ0v) is 17.9. The summed E-state index contributed by atoms with van der Waals surface area (Å²) in [6.45, 7) is 4.11. The number of nitrogens with zero attached hydrogens (tertiary/aromatic N) is 1. The van der Waals surface area contributed by atoms with Gasteiger partial charge in [0.05, 0.1) is 0 Å². The normalized spacial score (nSPS) is 10.6. The number of carbonyl (C=O) groups is 2. The first-order chi connectivity index (χ1) is 13.9. The van der Waals surface area contributed by atoms with Crippen molar-refractivity contribution in [1.82, 2.24) is 10.3 Å². The Labute approximate surface area is 179 Å². The van der Waals surface area contributed by atoms with Crippen LogP contribution in [-0.2, 0) is 11.2 Å². The molecule has 3 rings (SSSR count).